The van der Waals surface area contributed by atoms with E-state index in [0.717, 1.165) is 24.8 Å². The van der Waals surface area contributed by atoms with Crippen LogP contribution in [-0.2, 0) is 0 Å². The molecule has 0 radical (unpaired) electrons. The first-order valence-corrected chi connectivity index (χ1v) is 9.60. The molecule has 1 atom stereocenters. The molecule has 2 aliphatic heterocycles. The quantitative estimate of drug-likeness (QED) is 0.849. The fraction of sp³-hybridized carbons (Fsp3) is 0.789. The summed E-state index contributed by atoms with van der Waals surface area (Å²) >= 11 is 0. The van der Waals surface area contributed by atoms with E-state index in [1.54, 1.807) is 13.4 Å². The minimum absolute atomic E-state index is 0.467. The Morgan fingerprint density at radius 2 is 2.00 bits per heavy atom. The Morgan fingerprint density at radius 1 is 1.12 bits per heavy atom. The molecule has 4 rings (SSSR count). The number of ether oxygens (including phenoxy) is 1. The van der Waals surface area contributed by atoms with Gasteiger partial charge in [0.2, 0.25) is 5.88 Å². The summed E-state index contributed by atoms with van der Waals surface area (Å²) in [7, 11) is 1.67. The maximum absolute atomic E-state index is 5.27. The number of likely N-dealkylation sites (tertiary alicyclic amines) is 1. The molecule has 0 bridgehead atoms. The first-order valence-electron chi connectivity index (χ1n) is 9.60. The lowest BCUT2D eigenvalue weighted by molar-refractivity contribution is 0.204. The van der Waals surface area contributed by atoms with Crippen LogP contribution in [-0.4, -0.2) is 54.7 Å². The molecule has 0 N–H and O–H groups in total. The highest BCUT2D eigenvalue weighted by molar-refractivity contribution is 5.41. The molecule has 0 amide bonds. The van der Waals surface area contributed by atoms with Gasteiger partial charge in [-0.3, -0.25) is 0 Å². The molecule has 5 nitrogen and oxygen atoms in total. The molecule has 1 aliphatic carbocycles. The minimum atomic E-state index is 0.467. The van der Waals surface area contributed by atoms with Crippen molar-refractivity contribution in [2.45, 2.75) is 44.9 Å². The number of hydrogen-bond acceptors (Lipinski definition) is 5. The van der Waals surface area contributed by atoms with Gasteiger partial charge < -0.3 is 14.5 Å². The zero-order valence-corrected chi connectivity index (χ0v) is 14.9. The van der Waals surface area contributed by atoms with Crippen LogP contribution in [0.3, 0.4) is 0 Å². The average molecular weight is 330 g/mol. The maximum Gasteiger partial charge on any atom is 0.218 e. The Bertz CT molecular complexity index is 560. The van der Waals surface area contributed by atoms with Gasteiger partial charge in [0, 0.05) is 37.7 Å². The monoisotopic (exact) mass is 330 g/mol. The fourth-order valence-corrected chi connectivity index (χ4v) is 5.09. The molecule has 1 saturated carbocycles. The van der Waals surface area contributed by atoms with Crippen LogP contribution in [0.4, 0.5) is 5.82 Å². The number of nitrogens with zero attached hydrogens (tertiary/aromatic N) is 4. The second-order valence-electron chi connectivity index (χ2n) is 8.08. The molecular weight excluding hydrogens is 300 g/mol. The van der Waals surface area contributed by atoms with E-state index in [1.165, 1.54) is 64.6 Å². The molecule has 24 heavy (non-hydrogen) atoms. The average Bonchev–Trinajstić information content (AvgIpc) is 3.26. The summed E-state index contributed by atoms with van der Waals surface area (Å²) in [6, 6.07) is 1.98. The molecule has 1 aromatic heterocycles. The summed E-state index contributed by atoms with van der Waals surface area (Å²) in [6.45, 7) is 6.14. The Labute approximate surface area is 145 Å². The normalized spacial score (nSPS) is 28.8. The lowest BCUT2D eigenvalue weighted by Crippen LogP contribution is -2.45. The predicted octanol–water partition coefficient (Wildman–Crippen LogP) is 2.97. The molecule has 3 heterocycles. The zero-order valence-electron chi connectivity index (χ0n) is 14.9. The molecule has 132 valence electrons. The van der Waals surface area contributed by atoms with Gasteiger partial charge in [-0.25, -0.2) is 9.97 Å². The summed E-state index contributed by atoms with van der Waals surface area (Å²) in [5, 5.41) is 0. The van der Waals surface area contributed by atoms with E-state index in [9.17, 15) is 0 Å². The lowest BCUT2D eigenvalue weighted by Gasteiger charge is -2.41. The van der Waals surface area contributed by atoms with Gasteiger partial charge in [-0.2, -0.15) is 0 Å². The van der Waals surface area contributed by atoms with Crippen molar-refractivity contribution < 1.29 is 4.74 Å². The van der Waals surface area contributed by atoms with Gasteiger partial charge in [-0.1, -0.05) is 12.8 Å². The van der Waals surface area contributed by atoms with E-state index in [2.05, 4.69) is 19.8 Å². The summed E-state index contributed by atoms with van der Waals surface area (Å²) in [6.07, 6.45) is 11.4. The molecule has 2 saturated heterocycles. The molecule has 0 aromatic carbocycles. The van der Waals surface area contributed by atoms with Gasteiger partial charge in [0.15, 0.2) is 0 Å². The Hall–Kier alpha value is -1.36. The number of methoxy groups -OCH3 is 1. The van der Waals surface area contributed by atoms with Crippen molar-refractivity contribution in [3.05, 3.63) is 12.4 Å². The van der Waals surface area contributed by atoms with E-state index in [4.69, 9.17) is 4.74 Å². The van der Waals surface area contributed by atoms with E-state index in [0.29, 0.717) is 11.3 Å². The topological polar surface area (TPSA) is 41.5 Å². The minimum Gasteiger partial charge on any atom is -0.481 e. The summed E-state index contributed by atoms with van der Waals surface area (Å²) < 4.78 is 5.27. The smallest absolute Gasteiger partial charge is 0.218 e. The highest BCUT2D eigenvalue weighted by Crippen LogP contribution is 2.41. The van der Waals surface area contributed by atoms with Crippen molar-refractivity contribution in [1.82, 2.24) is 14.9 Å². The highest BCUT2D eigenvalue weighted by atomic mass is 16.5. The van der Waals surface area contributed by atoms with E-state index < -0.39 is 0 Å². The number of aromatic nitrogens is 2. The van der Waals surface area contributed by atoms with Gasteiger partial charge in [0.1, 0.15) is 12.1 Å². The van der Waals surface area contributed by atoms with Gasteiger partial charge in [0.05, 0.1) is 7.11 Å². The van der Waals surface area contributed by atoms with Crippen LogP contribution in [0, 0.1) is 11.3 Å². The van der Waals surface area contributed by atoms with Crippen LogP contribution in [0.15, 0.2) is 12.4 Å². The van der Waals surface area contributed by atoms with Crippen LogP contribution in [0.2, 0.25) is 0 Å². The van der Waals surface area contributed by atoms with Crippen molar-refractivity contribution >= 4 is 5.82 Å². The van der Waals surface area contributed by atoms with Crippen molar-refractivity contribution in [1.29, 1.82) is 0 Å². The van der Waals surface area contributed by atoms with Crippen molar-refractivity contribution in [3.63, 3.8) is 0 Å². The number of rotatable bonds is 4. The van der Waals surface area contributed by atoms with Crippen molar-refractivity contribution in [2.24, 2.45) is 11.3 Å². The summed E-state index contributed by atoms with van der Waals surface area (Å²) in [4.78, 5) is 13.8. The van der Waals surface area contributed by atoms with Crippen LogP contribution in [0.1, 0.15) is 44.9 Å². The Morgan fingerprint density at radius 3 is 2.83 bits per heavy atom. The Kier molecular flexibility index (Phi) is 4.61. The lowest BCUT2D eigenvalue weighted by atomic mass is 9.79. The third-order valence-corrected chi connectivity index (χ3v) is 6.33. The first-order chi connectivity index (χ1) is 11.8. The molecule has 1 aromatic rings. The second kappa shape index (κ2) is 6.87. The SMILES string of the molecule is COc1cc(N2CCC[C@@]3(CCN(CC4CCCC4)C3)C2)ncn1. The summed E-state index contributed by atoms with van der Waals surface area (Å²) in [5.74, 6) is 2.65. The zero-order chi connectivity index (χ0) is 16.4. The third-order valence-electron chi connectivity index (χ3n) is 6.33. The number of hydrogen-bond donors (Lipinski definition) is 0. The highest BCUT2D eigenvalue weighted by Gasteiger charge is 2.42. The fourth-order valence-electron chi connectivity index (χ4n) is 5.09. The third kappa shape index (κ3) is 3.37. The molecule has 3 aliphatic rings. The van der Waals surface area contributed by atoms with Gasteiger partial charge in [0.25, 0.3) is 0 Å². The summed E-state index contributed by atoms with van der Waals surface area (Å²) in [5.41, 5.74) is 0.467. The molecule has 0 unspecified atom stereocenters. The standard InChI is InChI=1S/C19H30N4O/c1-24-18-11-17(20-15-21-18)23-9-4-7-19(14-23)8-10-22(13-19)12-16-5-2-3-6-16/h11,15-16H,2-10,12-14H2,1H3/t19-/m0/s1. The predicted molar refractivity (Wildman–Crippen MR) is 95.5 cm³/mol. The van der Waals surface area contributed by atoms with Gasteiger partial charge >= 0.3 is 0 Å². The van der Waals surface area contributed by atoms with Crippen LogP contribution >= 0.6 is 0 Å². The molecule has 3 fully saturated rings. The van der Waals surface area contributed by atoms with E-state index >= 15 is 0 Å². The van der Waals surface area contributed by atoms with Crippen LogP contribution in [0.5, 0.6) is 5.88 Å². The molecule has 1 spiro atoms. The van der Waals surface area contributed by atoms with E-state index in [-0.39, 0.29) is 0 Å². The van der Waals surface area contributed by atoms with Gasteiger partial charge in [-0.15, -0.1) is 0 Å². The largest absolute Gasteiger partial charge is 0.481 e. The maximum atomic E-state index is 5.27. The Balaban J connectivity index is 1.40. The molecule has 5 heteroatoms. The first kappa shape index (κ1) is 16.1. The van der Waals surface area contributed by atoms with Gasteiger partial charge in [-0.05, 0) is 44.6 Å². The number of anilines is 1. The van der Waals surface area contributed by atoms with Crippen LogP contribution in [0.25, 0.3) is 0 Å². The molecular formula is C19H30N4O. The van der Waals surface area contributed by atoms with Crippen LogP contribution < -0.4 is 9.64 Å². The second-order valence-corrected chi connectivity index (χ2v) is 8.08. The van der Waals surface area contributed by atoms with Crippen molar-refractivity contribution in [2.75, 3.05) is 44.7 Å². The number of piperidine rings is 1. The van der Waals surface area contributed by atoms with Crippen molar-refractivity contribution in [3.8, 4) is 5.88 Å². The van der Waals surface area contributed by atoms with E-state index in [1.807, 2.05) is 6.07 Å².